The van der Waals surface area contributed by atoms with Gasteiger partial charge in [-0.2, -0.15) is 0 Å². The van der Waals surface area contributed by atoms with E-state index >= 15 is 0 Å². The molecule has 0 saturated carbocycles. The number of thiophene rings is 1. The largest absolute Gasteiger partial charge is 0.248 e. The van der Waals surface area contributed by atoms with E-state index < -0.39 is 9.84 Å². The van der Waals surface area contributed by atoms with E-state index in [-0.39, 0.29) is 10.9 Å². The van der Waals surface area contributed by atoms with E-state index in [0.717, 1.165) is 10.2 Å². The lowest BCUT2D eigenvalue weighted by Crippen LogP contribution is -2.09. The Bertz CT molecular complexity index is 575. The Hall–Kier alpha value is -1.01. The smallest absolute Gasteiger partial charge is 0.226 e. The molecule has 0 bridgehead atoms. The summed E-state index contributed by atoms with van der Waals surface area (Å²) in [5.74, 6) is 0.101. The number of sulfone groups is 1. The zero-order valence-electron chi connectivity index (χ0n) is 8.17. The summed E-state index contributed by atoms with van der Waals surface area (Å²) in [4.78, 5) is 8.64. The van der Waals surface area contributed by atoms with Crippen LogP contribution >= 0.6 is 11.3 Å². The van der Waals surface area contributed by atoms with E-state index in [2.05, 4.69) is 9.97 Å². The first-order valence-electron chi connectivity index (χ1n) is 4.56. The van der Waals surface area contributed by atoms with Crippen LogP contribution < -0.4 is 0 Å². The molecule has 0 N–H and O–H groups in total. The van der Waals surface area contributed by atoms with Gasteiger partial charge in [0.1, 0.15) is 4.83 Å². The molecule has 4 nitrogen and oxygen atoms in total. The lowest BCUT2D eigenvalue weighted by molar-refractivity contribution is 0.586. The van der Waals surface area contributed by atoms with Crippen molar-refractivity contribution < 1.29 is 8.42 Å². The van der Waals surface area contributed by atoms with E-state index in [9.17, 15) is 8.42 Å². The highest BCUT2D eigenvalue weighted by Crippen LogP contribution is 2.19. The summed E-state index contributed by atoms with van der Waals surface area (Å²) < 4.78 is 23.4. The number of nitrogens with zero attached hydrogens (tertiary/aromatic N) is 2. The number of rotatable bonds is 3. The summed E-state index contributed by atoms with van der Waals surface area (Å²) in [5.41, 5.74) is 0. The summed E-state index contributed by atoms with van der Waals surface area (Å²) in [7, 11) is -3.30. The van der Waals surface area contributed by atoms with Crippen molar-refractivity contribution in [2.45, 2.75) is 18.5 Å². The molecule has 2 rings (SSSR count). The number of hydrogen-bond acceptors (Lipinski definition) is 5. The molecule has 0 aliphatic rings. The fraction of sp³-hybridized carbons (Fsp3) is 0.333. The Kier molecular flexibility index (Phi) is 2.70. The van der Waals surface area contributed by atoms with E-state index in [1.54, 1.807) is 6.20 Å². The molecule has 0 aromatic carbocycles. The molecule has 2 aromatic rings. The van der Waals surface area contributed by atoms with E-state index in [0.29, 0.717) is 6.42 Å². The van der Waals surface area contributed by atoms with Gasteiger partial charge in [-0.1, -0.05) is 6.92 Å². The van der Waals surface area contributed by atoms with E-state index in [1.165, 1.54) is 11.3 Å². The van der Waals surface area contributed by atoms with Gasteiger partial charge in [-0.05, 0) is 17.9 Å². The number of aromatic nitrogens is 2. The topological polar surface area (TPSA) is 59.9 Å². The molecule has 80 valence electrons. The summed E-state index contributed by atoms with van der Waals surface area (Å²) >= 11 is 1.42. The van der Waals surface area contributed by atoms with Gasteiger partial charge in [0.05, 0.1) is 5.75 Å². The van der Waals surface area contributed by atoms with Gasteiger partial charge in [0.25, 0.3) is 0 Å². The Labute approximate surface area is 91.9 Å². The van der Waals surface area contributed by atoms with Crippen molar-refractivity contribution in [1.82, 2.24) is 9.97 Å². The molecule has 15 heavy (non-hydrogen) atoms. The van der Waals surface area contributed by atoms with Gasteiger partial charge in [0, 0.05) is 11.6 Å². The maximum absolute atomic E-state index is 11.7. The minimum Gasteiger partial charge on any atom is -0.226 e. The van der Waals surface area contributed by atoms with Crippen LogP contribution in [0.4, 0.5) is 0 Å². The van der Waals surface area contributed by atoms with Crippen LogP contribution in [-0.4, -0.2) is 24.1 Å². The van der Waals surface area contributed by atoms with Crippen molar-refractivity contribution in [3.05, 3.63) is 17.6 Å². The molecule has 0 aliphatic carbocycles. The lowest BCUT2D eigenvalue weighted by atomic mass is 10.4. The highest BCUT2D eigenvalue weighted by Gasteiger charge is 2.17. The van der Waals surface area contributed by atoms with Crippen LogP contribution in [0.2, 0.25) is 0 Å². The van der Waals surface area contributed by atoms with Crippen LogP contribution in [0.25, 0.3) is 10.2 Å². The Morgan fingerprint density at radius 1 is 1.47 bits per heavy atom. The number of hydrogen-bond donors (Lipinski definition) is 0. The normalized spacial score (nSPS) is 12.1. The predicted octanol–water partition coefficient (Wildman–Crippen LogP) is 1.88. The molecule has 0 radical (unpaired) electrons. The molecular weight excluding hydrogens is 232 g/mol. The van der Waals surface area contributed by atoms with Crippen LogP contribution in [0.3, 0.4) is 0 Å². The van der Waals surface area contributed by atoms with Crippen molar-refractivity contribution in [2.24, 2.45) is 0 Å². The van der Waals surface area contributed by atoms with E-state index in [4.69, 9.17) is 0 Å². The molecule has 2 aromatic heterocycles. The van der Waals surface area contributed by atoms with Crippen molar-refractivity contribution in [1.29, 1.82) is 0 Å². The van der Waals surface area contributed by atoms with Gasteiger partial charge < -0.3 is 0 Å². The fourth-order valence-corrected chi connectivity index (χ4v) is 3.21. The highest BCUT2D eigenvalue weighted by molar-refractivity contribution is 7.91. The van der Waals surface area contributed by atoms with Crippen molar-refractivity contribution in [3.63, 3.8) is 0 Å². The Balaban J connectivity index is 2.52. The second kappa shape index (κ2) is 3.86. The molecular formula is C9H10N2O2S2. The summed E-state index contributed by atoms with van der Waals surface area (Å²) in [5, 5.41) is 2.70. The fourth-order valence-electron chi connectivity index (χ4n) is 1.25. The molecule has 0 fully saturated rings. The Morgan fingerprint density at radius 2 is 2.27 bits per heavy atom. The van der Waals surface area contributed by atoms with Crippen molar-refractivity contribution in [3.8, 4) is 0 Å². The van der Waals surface area contributed by atoms with Crippen molar-refractivity contribution in [2.75, 3.05) is 5.75 Å². The number of fused-ring (bicyclic) bond motifs is 1. The second-order valence-electron chi connectivity index (χ2n) is 3.15. The SMILES string of the molecule is CCCS(=O)(=O)c1ncc2ccsc2n1. The summed E-state index contributed by atoms with van der Waals surface area (Å²) in [6.45, 7) is 1.82. The highest BCUT2D eigenvalue weighted by atomic mass is 32.2. The zero-order chi connectivity index (χ0) is 10.9. The quantitative estimate of drug-likeness (QED) is 0.771. The third-order valence-electron chi connectivity index (χ3n) is 1.94. The maximum atomic E-state index is 11.7. The van der Waals surface area contributed by atoms with Gasteiger partial charge in [-0.15, -0.1) is 11.3 Å². The molecule has 0 spiro atoms. The lowest BCUT2D eigenvalue weighted by Gasteiger charge is -1.99. The standard InChI is InChI=1S/C9H10N2O2S2/c1-2-5-15(12,13)9-10-6-7-3-4-14-8(7)11-9/h3-4,6H,2,5H2,1H3. The molecule has 0 amide bonds. The Morgan fingerprint density at radius 3 is 3.00 bits per heavy atom. The van der Waals surface area contributed by atoms with Crippen LogP contribution in [0.5, 0.6) is 0 Å². The van der Waals surface area contributed by atoms with Gasteiger partial charge >= 0.3 is 0 Å². The van der Waals surface area contributed by atoms with Gasteiger partial charge in [-0.25, -0.2) is 18.4 Å². The first kappa shape index (κ1) is 10.5. The summed E-state index contributed by atoms with van der Waals surface area (Å²) in [6, 6.07) is 1.87. The molecule has 2 heterocycles. The van der Waals surface area contributed by atoms with Gasteiger partial charge in [0.15, 0.2) is 0 Å². The van der Waals surface area contributed by atoms with Crippen LogP contribution in [0.1, 0.15) is 13.3 Å². The average Bonchev–Trinajstić information content (AvgIpc) is 2.63. The first-order valence-corrected chi connectivity index (χ1v) is 7.09. The van der Waals surface area contributed by atoms with Crippen LogP contribution in [0, 0.1) is 0 Å². The van der Waals surface area contributed by atoms with Crippen LogP contribution in [0.15, 0.2) is 22.8 Å². The summed E-state index contributed by atoms with van der Waals surface area (Å²) in [6.07, 6.45) is 2.13. The third-order valence-corrected chi connectivity index (χ3v) is 4.46. The zero-order valence-corrected chi connectivity index (χ0v) is 9.81. The maximum Gasteiger partial charge on any atom is 0.248 e. The molecule has 0 aliphatic heterocycles. The molecule has 0 atom stereocenters. The monoisotopic (exact) mass is 242 g/mol. The molecule has 6 heteroatoms. The van der Waals surface area contributed by atoms with Gasteiger partial charge in [-0.3, -0.25) is 0 Å². The van der Waals surface area contributed by atoms with Crippen LogP contribution in [-0.2, 0) is 9.84 Å². The minimum atomic E-state index is -3.30. The third kappa shape index (κ3) is 2.00. The minimum absolute atomic E-state index is 0.0562. The second-order valence-corrected chi connectivity index (χ2v) is 6.05. The molecule has 0 saturated heterocycles. The van der Waals surface area contributed by atoms with Gasteiger partial charge in [0.2, 0.25) is 15.0 Å². The van der Waals surface area contributed by atoms with Crippen molar-refractivity contribution >= 4 is 31.4 Å². The predicted molar refractivity (Wildman–Crippen MR) is 59.8 cm³/mol. The van der Waals surface area contributed by atoms with E-state index in [1.807, 2.05) is 18.4 Å². The first-order chi connectivity index (χ1) is 7.13. The average molecular weight is 242 g/mol. The molecule has 0 unspecified atom stereocenters.